The van der Waals surface area contributed by atoms with Crippen LogP contribution in [0.5, 0.6) is 0 Å². The summed E-state index contributed by atoms with van der Waals surface area (Å²) >= 11 is 0. The van der Waals surface area contributed by atoms with Gasteiger partial charge in [0, 0.05) is 6.61 Å². The topological polar surface area (TPSA) is 26.3 Å². The first-order valence-corrected chi connectivity index (χ1v) is 4.15. The first-order valence-electron chi connectivity index (χ1n) is 4.15. The lowest BCUT2D eigenvalue weighted by molar-refractivity contribution is 0.0773. The van der Waals surface area contributed by atoms with Crippen LogP contribution in [0.1, 0.15) is 12.8 Å². The van der Waals surface area contributed by atoms with Crippen LogP contribution in [0.25, 0.3) is 0 Å². The Kier molecular flexibility index (Phi) is 1.94. The molecule has 0 spiro atoms. The Hall–Kier alpha value is -1.11. The lowest BCUT2D eigenvalue weighted by Crippen LogP contribution is -2.25. The molecule has 1 fully saturated rings. The molecule has 1 atom stereocenters. The second-order valence-electron chi connectivity index (χ2n) is 3.01. The van der Waals surface area contributed by atoms with Crippen molar-refractivity contribution in [2.24, 2.45) is 0 Å². The van der Waals surface area contributed by atoms with Crippen LogP contribution in [0, 0.1) is 0 Å². The van der Waals surface area contributed by atoms with Crippen LogP contribution in [-0.4, -0.2) is 18.7 Å². The largest absolute Gasteiger partial charge is 0.368 e. The molecule has 0 bridgehead atoms. The van der Waals surface area contributed by atoms with Crippen molar-refractivity contribution >= 4 is 5.94 Å². The van der Waals surface area contributed by atoms with E-state index in [9.17, 15) is 4.79 Å². The number of hydrogen-bond acceptors (Lipinski definition) is 2. The normalized spacial score (nSPS) is 27.5. The monoisotopic (exact) mass is 162 g/mol. The third-order valence-electron chi connectivity index (χ3n) is 2.22. The van der Waals surface area contributed by atoms with Gasteiger partial charge in [-0.15, -0.1) is 0 Å². The Bertz CT molecular complexity index is 293. The van der Waals surface area contributed by atoms with Gasteiger partial charge >= 0.3 is 0 Å². The third-order valence-corrected chi connectivity index (χ3v) is 2.22. The van der Waals surface area contributed by atoms with Gasteiger partial charge in [0.25, 0.3) is 0 Å². The average Bonchev–Trinajstić information content (AvgIpc) is 2.17. The van der Waals surface area contributed by atoms with Crippen LogP contribution in [0.15, 0.2) is 29.4 Å². The van der Waals surface area contributed by atoms with Crippen molar-refractivity contribution in [3.8, 4) is 0 Å². The summed E-state index contributed by atoms with van der Waals surface area (Å²) in [7, 11) is 0. The highest BCUT2D eigenvalue weighted by atomic mass is 16.5. The fourth-order valence-electron chi connectivity index (χ4n) is 1.63. The Morgan fingerprint density at radius 1 is 1.58 bits per heavy atom. The Morgan fingerprint density at radius 2 is 2.50 bits per heavy atom. The smallest absolute Gasteiger partial charge is 0.131 e. The van der Waals surface area contributed by atoms with Crippen LogP contribution in [0.4, 0.5) is 0 Å². The molecule has 12 heavy (non-hydrogen) atoms. The quantitative estimate of drug-likeness (QED) is 0.503. The van der Waals surface area contributed by atoms with Crippen molar-refractivity contribution in [1.82, 2.24) is 0 Å². The van der Waals surface area contributed by atoms with E-state index in [4.69, 9.17) is 4.74 Å². The zero-order chi connectivity index (χ0) is 8.39. The standard InChI is InChI=1S/C10H10O2/c11-7-9-4-1-3-8-5-2-6-12-10(8)9/h1,3-4,10H,2,5-6H2. The summed E-state index contributed by atoms with van der Waals surface area (Å²) < 4.78 is 5.47. The van der Waals surface area contributed by atoms with E-state index in [2.05, 4.69) is 0 Å². The Labute approximate surface area is 71.2 Å². The number of allylic oxidation sites excluding steroid dienone is 2. The predicted octanol–water partition coefficient (Wildman–Crippen LogP) is 1.42. The molecule has 0 saturated carbocycles. The van der Waals surface area contributed by atoms with E-state index in [0.717, 1.165) is 19.4 Å². The van der Waals surface area contributed by atoms with E-state index in [1.165, 1.54) is 5.57 Å². The third kappa shape index (κ3) is 1.15. The van der Waals surface area contributed by atoms with Crippen molar-refractivity contribution in [3.63, 3.8) is 0 Å². The van der Waals surface area contributed by atoms with Crippen LogP contribution in [0.3, 0.4) is 0 Å². The highest BCUT2D eigenvalue weighted by Gasteiger charge is 2.24. The average molecular weight is 162 g/mol. The van der Waals surface area contributed by atoms with Crippen molar-refractivity contribution in [3.05, 3.63) is 29.4 Å². The zero-order valence-corrected chi connectivity index (χ0v) is 6.75. The number of hydrogen-bond donors (Lipinski definition) is 0. The maximum atomic E-state index is 10.5. The molecular weight excluding hydrogens is 152 g/mol. The van der Waals surface area contributed by atoms with Crippen LogP contribution in [-0.2, 0) is 9.53 Å². The highest BCUT2D eigenvalue weighted by Crippen LogP contribution is 2.27. The minimum Gasteiger partial charge on any atom is -0.368 e. The molecule has 62 valence electrons. The van der Waals surface area contributed by atoms with Crippen LogP contribution in [0.2, 0.25) is 0 Å². The molecule has 2 rings (SSSR count). The van der Waals surface area contributed by atoms with E-state index in [-0.39, 0.29) is 6.10 Å². The van der Waals surface area contributed by atoms with Crippen molar-refractivity contribution in [2.75, 3.05) is 6.61 Å². The fourth-order valence-corrected chi connectivity index (χ4v) is 1.63. The summed E-state index contributed by atoms with van der Waals surface area (Å²) in [6, 6.07) is 0. The van der Waals surface area contributed by atoms with Gasteiger partial charge in [-0.25, -0.2) is 4.79 Å². The van der Waals surface area contributed by atoms with Gasteiger partial charge in [-0.3, -0.25) is 0 Å². The minimum absolute atomic E-state index is 0.0961. The number of carbonyl (C=O) groups excluding carboxylic acids is 1. The van der Waals surface area contributed by atoms with Gasteiger partial charge in [-0.05, 0) is 24.5 Å². The zero-order valence-electron chi connectivity index (χ0n) is 6.75. The molecule has 1 unspecified atom stereocenters. The number of fused-ring (bicyclic) bond motifs is 1. The van der Waals surface area contributed by atoms with Gasteiger partial charge in [0.05, 0.1) is 5.57 Å². The van der Waals surface area contributed by atoms with E-state index in [1.54, 1.807) is 6.08 Å². The highest BCUT2D eigenvalue weighted by molar-refractivity contribution is 5.63. The maximum absolute atomic E-state index is 10.5. The van der Waals surface area contributed by atoms with Gasteiger partial charge in [-0.2, -0.15) is 0 Å². The molecule has 0 aromatic heterocycles. The van der Waals surface area contributed by atoms with Crippen molar-refractivity contribution in [2.45, 2.75) is 18.9 Å². The summed E-state index contributed by atoms with van der Waals surface area (Å²) in [6.45, 7) is 0.751. The van der Waals surface area contributed by atoms with Gasteiger partial charge in [0.1, 0.15) is 12.0 Å². The molecule has 2 heteroatoms. The molecule has 0 N–H and O–H groups in total. The molecule has 1 aliphatic carbocycles. The molecule has 2 aliphatic rings. The van der Waals surface area contributed by atoms with Crippen molar-refractivity contribution in [1.29, 1.82) is 0 Å². The summed E-state index contributed by atoms with van der Waals surface area (Å²) in [4.78, 5) is 10.5. The molecule has 0 aromatic carbocycles. The molecule has 1 saturated heterocycles. The van der Waals surface area contributed by atoms with Gasteiger partial charge in [0.2, 0.25) is 0 Å². The number of rotatable bonds is 0. The minimum atomic E-state index is -0.0961. The van der Waals surface area contributed by atoms with Gasteiger partial charge in [0.15, 0.2) is 0 Å². The Balaban J connectivity index is 2.32. The molecule has 0 aromatic rings. The van der Waals surface area contributed by atoms with Crippen LogP contribution >= 0.6 is 0 Å². The second-order valence-corrected chi connectivity index (χ2v) is 3.01. The summed E-state index contributed by atoms with van der Waals surface area (Å²) in [5.41, 5.74) is 1.84. The van der Waals surface area contributed by atoms with E-state index >= 15 is 0 Å². The summed E-state index contributed by atoms with van der Waals surface area (Å²) in [5, 5.41) is 0. The molecule has 0 amide bonds. The van der Waals surface area contributed by atoms with E-state index < -0.39 is 0 Å². The maximum Gasteiger partial charge on any atom is 0.131 e. The van der Waals surface area contributed by atoms with E-state index in [1.807, 2.05) is 18.1 Å². The fraction of sp³-hybridized carbons (Fsp3) is 0.400. The molecule has 1 aliphatic heterocycles. The molecule has 0 radical (unpaired) electrons. The summed E-state index contributed by atoms with van der Waals surface area (Å²) in [6.07, 6.45) is 7.70. The van der Waals surface area contributed by atoms with Gasteiger partial charge in [-0.1, -0.05) is 12.2 Å². The first kappa shape index (κ1) is 7.53. The van der Waals surface area contributed by atoms with Crippen LogP contribution < -0.4 is 0 Å². The Morgan fingerprint density at radius 3 is 3.33 bits per heavy atom. The lowest BCUT2D eigenvalue weighted by atomic mass is 9.92. The summed E-state index contributed by atoms with van der Waals surface area (Å²) in [5.74, 6) is 1.92. The SMILES string of the molecule is O=C=C1C=CC=C2CCCOC12. The predicted molar refractivity (Wildman–Crippen MR) is 45.4 cm³/mol. The van der Waals surface area contributed by atoms with Crippen molar-refractivity contribution < 1.29 is 9.53 Å². The van der Waals surface area contributed by atoms with Gasteiger partial charge < -0.3 is 4.74 Å². The number of ether oxygens (including phenoxy) is 1. The molecular formula is C10H10O2. The molecule has 1 heterocycles. The molecule has 2 nitrogen and oxygen atoms in total. The first-order chi connectivity index (χ1) is 5.92. The second kappa shape index (κ2) is 3.10. The lowest BCUT2D eigenvalue weighted by Gasteiger charge is -2.26. The van der Waals surface area contributed by atoms with E-state index in [0.29, 0.717) is 5.57 Å².